The molecule has 0 saturated carbocycles. The van der Waals surface area contributed by atoms with Crippen molar-refractivity contribution in [3.63, 3.8) is 0 Å². The Labute approximate surface area is 62.3 Å². The van der Waals surface area contributed by atoms with Crippen LogP contribution >= 0.6 is 8.46 Å². The van der Waals surface area contributed by atoms with Crippen LogP contribution < -0.4 is 5.30 Å². The molecule has 0 bridgehead atoms. The highest BCUT2D eigenvalue weighted by molar-refractivity contribution is 7.34. The Morgan fingerprint density at radius 2 is 1.90 bits per heavy atom. The minimum absolute atomic E-state index is 0.107. The minimum Gasteiger partial charge on any atom is -0.269 e. The quantitative estimate of drug-likeness (QED) is 0.564. The highest BCUT2D eigenvalue weighted by atomic mass is 31.1. The van der Waals surface area contributed by atoms with Crippen LogP contribution in [-0.4, -0.2) is 0 Å². The Kier molecular flexibility index (Phi) is 2.18. The molecule has 0 aromatic heterocycles. The van der Waals surface area contributed by atoms with Crippen molar-refractivity contribution in [2.75, 3.05) is 0 Å². The van der Waals surface area contributed by atoms with E-state index in [0.717, 1.165) is 5.30 Å². The number of hydrogen-bond donors (Lipinski definition) is 0. The first-order chi connectivity index (χ1) is 4.74. The Balaban J connectivity index is 3.16. The van der Waals surface area contributed by atoms with Crippen molar-refractivity contribution in [3.8, 4) is 0 Å². The van der Waals surface area contributed by atoms with Crippen LogP contribution in [-0.2, 0) is 4.57 Å². The van der Waals surface area contributed by atoms with Gasteiger partial charge in [-0.1, -0.05) is 6.07 Å². The molecule has 0 aliphatic heterocycles. The molecule has 1 rings (SSSR count). The van der Waals surface area contributed by atoms with E-state index in [9.17, 15) is 4.57 Å². The molecular weight excluding hydrogens is 143 g/mol. The van der Waals surface area contributed by atoms with E-state index in [4.69, 9.17) is 0 Å². The number of aryl methyl sites for hydroxylation is 2. The summed E-state index contributed by atoms with van der Waals surface area (Å²) in [5, 5.41) is 0.850. The van der Waals surface area contributed by atoms with Crippen LogP contribution in [0.15, 0.2) is 18.2 Å². The molecule has 0 fully saturated rings. The molecule has 0 unspecified atom stereocenters. The third-order valence-corrected chi connectivity index (χ3v) is 2.08. The second-order valence-electron chi connectivity index (χ2n) is 2.36. The van der Waals surface area contributed by atoms with Crippen molar-refractivity contribution in [1.29, 1.82) is 0 Å². The van der Waals surface area contributed by atoms with Crippen molar-refractivity contribution >= 4 is 13.8 Å². The largest absolute Gasteiger partial charge is 0.269 e. The third kappa shape index (κ3) is 1.43. The molecule has 0 spiro atoms. The van der Waals surface area contributed by atoms with Gasteiger partial charge < -0.3 is 0 Å². The maximum atomic E-state index is 10.4. The summed E-state index contributed by atoms with van der Waals surface area (Å²) in [5.74, 6) is 0. The molecule has 0 amide bonds. The molecular formula is C8H9OP. The summed E-state index contributed by atoms with van der Waals surface area (Å²) in [5.41, 5.74) is 2.44. The molecule has 0 radical (unpaired) electrons. The van der Waals surface area contributed by atoms with Gasteiger partial charge in [0.15, 0.2) is 8.46 Å². The summed E-state index contributed by atoms with van der Waals surface area (Å²) in [7, 11) is 0.107. The van der Waals surface area contributed by atoms with E-state index in [1.807, 2.05) is 32.0 Å². The van der Waals surface area contributed by atoms with Crippen LogP contribution in [0.1, 0.15) is 11.1 Å². The summed E-state index contributed by atoms with van der Waals surface area (Å²) in [4.78, 5) is 0. The van der Waals surface area contributed by atoms with Gasteiger partial charge in [-0.05, 0) is 37.1 Å². The van der Waals surface area contributed by atoms with Crippen molar-refractivity contribution in [3.05, 3.63) is 29.3 Å². The highest BCUT2D eigenvalue weighted by Gasteiger charge is 1.93. The number of rotatable bonds is 1. The fourth-order valence-electron chi connectivity index (χ4n) is 0.782. The molecule has 1 aromatic rings. The van der Waals surface area contributed by atoms with Gasteiger partial charge in [0.25, 0.3) is 0 Å². The van der Waals surface area contributed by atoms with E-state index < -0.39 is 0 Å². The maximum Gasteiger partial charge on any atom is 0.192 e. The van der Waals surface area contributed by atoms with Crippen LogP contribution in [0.4, 0.5) is 0 Å². The average Bonchev–Trinajstić information content (AvgIpc) is 1.95. The first-order valence-electron chi connectivity index (χ1n) is 3.14. The van der Waals surface area contributed by atoms with Gasteiger partial charge in [-0.2, -0.15) is 0 Å². The van der Waals surface area contributed by atoms with Gasteiger partial charge in [0.1, 0.15) is 0 Å². The lowest BCUT2D eigenvalue weighted by atomic mass is 10.1. The van der Waals surface area contributed by atoms with Crippen LogP contribution in [0.2, 0.25) is 0 Å². The summed E-state index contributed by atoms with van der Waals surface area (Å²) < 4.78 is 10.4. The fourth-order valence-corrected chi connectivity index (χ4v) is 1.16. The van der Waals surface area contributed by atoms with Crippen molar-refractivity contribution < 1.29 is 4.57 Å². The topological polar surface area (TPSA) is 17.1 Å². The molecule has 52 valence electrons. The van der Waals surface area contributed by atoms with Gasteiger partial charge in [0, 0.05) is 5.30 Å². The molecule has 1 aromatic carbocycles. The third-order valence-electron chi connectivity index (χ3n) is 1.60. The summed E-state index contributed by atoms with van der Waals surface area (Å²) in [6.45, 7) is 4.06. The predicted molar refractivity (Wildman–Crippen MR) is 43.2 cm³/mol. The van der Waals surface area contributed by atoms with Crippen molar-refractivity contribution in [1.82, 2.24) is 0 Å². The molecule has 1 nitrogen and oxygen atoms in total. The summed E-state index contributed by atoms with van der Waals surface area (Å²) in [6, 6.07) is 5.79. The lowest BCUT2D eigenvalue weighted by molar-refractivity contribution is 0.603. The van der Waals surface area contributed by atoms with Gasteiger partial charge >= 0.3 is 0 Å². The van der Waals surface area contributed by atoms with Gasteiger partial charge in [0.05, 0.1) is 0 Å². The summed E-state index contributed by atoms with van der Waals surface area (Å²) in [6.07, 6.45) is 0. The zero-order valence-corrected chi connectivity index (χ0v) is 6.98. The smallest absolute Gasteiger partial charge is 0.192 e. The summed E-state index contributed by atoms with van der Waals surface area (Å²) >= 11 is 0. The van der Waals surface area contributed by atoms with Gasteiger partial charge in [-0.3, -0.25) is 4.57 Å². The zero-order valence-electron chi connectivity index (χ0n) is 6.09. The van der Waals surface area contributed by atoms with E-state index in [-0.39, 0.29) is 8.46 Å². The van der Waals surface area contributed by atoms with Gasteiger partial charge in [0.2, 0.25) is 0 Å². The average molecular weight is 152 g/mol. The first-order valence-corrected chi connectivity index (χ1v) is 3.96. The van der Waals surface area contributed by atoms with E-state index in [1.165, 1.54) is 11.1 Å². The van der Waals surface area contributed by atoms with Crippen molar-refractivity contribution in [2.24, 2.45) is 0 Å². The van der Waals surface area contributed by atoms with Crippen molar-refractivity contribution in [2.45, 2.75) is 13.8 Å². The zero-order chi connectivity index (χ0) is 7.56. The molecule has 0 N–H and O–H groups in total. The van der Waals surface area contributed by atoms with Crippen LogP contribution in [0.25, 0.3) is 0 Å². The van der Waals surface area contributed by atoms with E-state index >= 15 is 0 Å². The first kappa shape index (κ1) is 7.43. The molecule has 0 aliphatic rings. The standard InChI is InChI=1S/C8H9OP/c1-6-3-4-8(10-9)5-7(6)2/h3-5H,1-2H3. The SMILES string of the molecule is Cc1ccc(P=O)cc1C. The fraction of sp³-hybridized carbons (Fsp3) is 0.250. The normalized spacial score (nSPS) is 10.2. The highest BCUT2D eigenvalue weighted by Crippen LogP contribution is 2.05. The minimum atomic E-state index is 0.107. The van der Waals surface area contributed by atoms with Crippen LogP contribution in [0.5, 0.6) is 0 Å². The Bertz CT molecular complexity index is 255. The molecule has 0 atom stereocenters. The second-order valence-corrected chi connectivity index (χ2v) is 3.06. The number of hydrogen-bond acceptors (Lipinski definition) is 1. The lowest BCUT2D eigenvalue weighted by Gasteiger charge is -1.97. The lowest BCUT2D eigenvalue weighted by Crippen LogP contribution is -1.92. The second kappa shape index (κ2) is 2.94. The predicted octanol–water partition coefficient (Wildman–Crippen LogP) is 2.22. The van der Waals surface area contributed by atoms with Gasteiger partial charge in [-0.25, -0.2) is 0 Å². The van der Waals surface area contributed by atoms with Crippen LogP contribution in [0, 0.1) is 13.8 Å². The van der Waals surface area contributed by atoms with Gasteiger partial charge in [-0.15, -0.1) is 0 Å². The van der Waals surface area contributed by atoms with E-state index in [0.29, 0.717) is 0 Å². The number of benzene rings is 1. The monoisotopic (exact) mass is 152 g/mol. The molecule has 0 aliphatic carbocycles. The Morgan fingerprint density at radius 3 is 2.40 bits per heavy atom. The maximum absolute atomic E-state index is 10.4. The van der Waals surface area contributed by atoms with E-state index in [2.05, 4.69) is 0 Å². The van der Waals surface area contributed by atoms with E-state index in [1.54, 1.807) is 0 Å². The molecule has 10 heavy (non-hydrogen) atoms. The molecule has 0 heterocycles. The Morgan fingerprint density at radius 1 is 1.20 bits per heavy atom. The molecule has 2 heteroatoms. The van der Waals surface area contributed by atoms with Crippen LogP contribution in [0.3, 0.4) is 0 Å². The molecule has 0 saturated heterocycles. The Hall–Kier alpha value is -0.680.